The van der Waals surface area contributed by atoms with Gasteiger partial charge >= 0.3 is 5.97 Å². The fourth-order valence-corrected chi connectivity index (χ4v) is 3.94. The molecule has 1 spiro atoms. The van der Waals surface area contributed by atoms with Crippen LogP contribution < -0.4 is 4.74 Å². The summed E-state index contributed by atoms with van der Waals surface area (Å²) in [4.78, 5) is 30.5. The Hall–Kier alpha value is -2.97. The molecule has 1 N–H and O–H groups in total. The molecule has 0 aromatic carbocycles. The number of likely N-dealkylation sites (tertiary alicyclic amines) is 1. The van der Waals surface area contributed by atoms with Gasteiger partial charge in [0.1, 0.15) is 0 Å². The number of methoxy groups -OCH3 is 2. The molecule has 0 radical (unpaired) electrons. The monoisotopic (exact) mass is 388 g/mol. The van der Waals surface area contributed by atoms with Crippen LogP contribution in [0.1, 0.15) is 36.2 Å². The van der Waals surface area contributed by atoms with Crippen molar-refractivity contribution in [1.82, 2.24) is 20.1 Å². The van der Waals surface area contributed by atoms with E-state index in [0.29, 0.717) is 25.1 Å². The van der Waals surface area contributed by atoms with Gasteiger partial charge in [-0.1, -0.05) is 0 Å². The molecule has 2 aromatic rings. The maximum atomic E-state index is 14.1. The third-order valence-electron chi connectivity index (χ3n) is 5.63. The van der Waals surface area contributed by atoms with E-state index < -0.39 is 5.82 Å². The molecule has 1 unspecified atom stereocenters. The van der Waals surface area contributed by atoms with Crippen molar-refractivity contribution < 1.29 is 23.5 Å². The number of hydrogen-bond acceptors (Lipinski definition) is 6. The predicted octanol–water partition coefficient (Wildman–Crippen LogP) is 2.18. The first-order chi connectivity index (χ1) is 13.5. The van der Waals surface area contributed by atoms with Crippen LogP contribution in [-0.2, 0) is 9.53 Å². The molecule has 1 saturated carbocycles. The number of carbonyl (C=O) groups is 2. The van der Waals surface area contributed by atoms with Gasteiger partial charge < -0.3 is 14.4 Å². The summed E-state index contributed by atoms with van der Waals surface area (Å²) in [6.45, 7) is 0.470. The summed E-state index contributed by atoms with van der Waals surface area (Å²) >= 11 is 0. The summed E-state index contributed by atoms with van der Waals surface area (Å²) in [5.74, 6) is -0.890. The van der Waals surface area contributed by atoms with Crippen LogP contribution in [0, 0.1) is 11.7 Å². The zero-order valence-corrected chi connectivity index (χ0v) is 15.7. The molecule has 1 atom stereocenters. The molecule has 8 nitrogen and oxygen atoms in total. The Morgan fingerprint density at radius 2 is 2.11 bits per heavy atom. The minimum absolute atomic E-state index is 0.176. The summed E-state index contributed by atoms with van der Waals surface area (Å²) in [7, 11) is 2.83. The van der Waals surface area contributed by atoms with Gasteiger partial charge in [0.2, 0.25) is 5.88 Å². The SMILES string of the molecule is COC(=O)C1CCN(C(=O)c2cc(-c3cc(OC)ncc3F)[nH]n2)C2(CC2)C1. The summed E-state index contributed by atoms with van der Waals surface area (Å²) in [6.07, 6.45) is 3.96. The maximum Gasteiger partial charge on any atom is 0.308 e. The lowest BCUT2D eigenvalue weighted by atomic mass is 9.88. The first-order valence-electron chi connectivity index (χ1n) is 9.12. The van der Waals surface area contributed by atoms with Crippen LogP contribution in [0.15, 0.2) is 18.3 Å². The van der Waals surface area contributed by atoms with Crippen LogP contribution in [-0.4, -0.2) is 58.3 Å². The molecule has 4 rings (SSSR count). The molecular formula is C19H21FN4O4. The number of rotatable bonds is 4. The lowest BCUT2D eigenvalue weighted by molar-refractivity contribution is -0.147. The second kappa shape index (κ2) is 6.88. The van der Waals surface area contributed by atoms with Crippen LogP contribution >= 0.6 is 0 Å². The quantitative estimate of drug-likeness (QED) is 0.807. The van der Waals surface area contributed by atoms with E-state index in [2.05, 4.69) is 15.2 Å². The largest absolute Gasteiger partial charge is 0.481 e. The smallest absolute Gasteiger partial charge is 0.308 e. The predicted molar refractivity (Wildman–Crippen MR) is 96.1 cm³/mol. The lowest BCUT2D eigenvalue weighted by Crippen LogP contribution is -2.49. The van der Waals surface area contributed by atoms with Gasteiger partial charge in [0.25, 0.3) is 5.91 Å². The highest BCUT2D eigenvalue weighted by molar-refractivity contribution is 5.94. The molecule has 2 aliphatic rings. The van der Waals surface area contributed by atoms with E-state index >= 15 is 0 Å². The highest BCUT2D eigenvalue weighted by Gasteiger charge is 2.55. The van der Waals surface area contributed by atoms with E-state index in [1.54, 1.807) is 4.90 Å². The van der Waals surface area contributed by atoms with Crippen molar-refractivity contribution >= 4 is 11.9 Å². The van der Waals surface area contributed by atoms with Crippen molar-refractivity contribution in [2.75, 3.05) is 20.8 Å². The van der Waals surface area contributed by atoms with Crippen molar-refractivity contribution in [3.8, 4) is 17.1 Å². The fraction of sp³-hybridized carbons (Fsp3) is 0.474. The van der Waals surface area contributed by atoms with E-state index in [1.807, 2.05) is 0 Å². The number of aromatic amines is 1. The molecule has 1 aliphatic heterocycles. The van der Waals surface area contributed by atoms with Crippen LogP contribution in [0.2, 0.25) is 0 Å². The Labute approximate surface area is 161 Å². The number of hydrogen-bond donors (Lipinski definition) is 1. The zero-order chi connectivity index (χ0) is 19.9. The molecule has 1 saturated heterocycles. The number of pyridine rings is 1. The summed E-state index contributed by atoms with van der Waals surface area (Å²) in [6, 6.07) is 2.98. The van der Waals surface area contributed by atoms with Gasteiger partial charge in [-0.3, -0.25) is 14.7 Å². The Morgan fingerprint density at radius 1 is 1.32 bits per heavy atom. The molecule has 2 aromatic heterocycles. The number of carbonyl (C=O) groups excluding carboxylic acids is 2. The van der Waals surface area contributed by atoms with E-state index in [4.69, 9.17) is 9.47 Å². The zero-order valence-electron chi connectivity index (χ0n) is 15.7. The number of amides is 1. The van der Waals surface area contributed by atoms with Crippen molar-refractivity contribution in [2.24, 2.45) is 5.92 Å². The van der Waals surface area contributed by atoms with Gasteiger partial charge in [0.05, 0.1) is 32.0 Å². The molecule has 1 amide bonds. The highest BCUT2D eigenvalue weighted by Crippen LogP contribution is 2.50. The number of H-pyrrole nitrogens is 1. The third-order valence-corrected chi connectivity index (χ3v) is 5.63. The highest BCUT2D eigenvalue weighted by atomic mass is 19.1. The number of aromatic nitrogens is 3. The Kier molecular flexibility index (Phi) is 4.52. The number of ether oxygens (including phenoxy) is 2. The average Bonchev–Trinajstić information content (AvgIpc) is 3.29. The number of halogens is 1. The van der Waals surface area contributed by atoms with Crippen LogP contribution in [0.4, 0.5) is 4.39 Å². The first-order valence-corrected chi connectivity index (χ1v) is 9.12. The Morgan fingerprint density at radius 3 is 2.79 bits per heavy atom. The molecule has 1 aliphatic carbocycles. The second-order valence-electron chi connectivity index (χ2n) is 7.27. The van der Waals surface area contributed by atoms with Gasteiger partial charge in [-0.2, -0.15) is 5.10 Å². The van der Waals surface area contributed by atoms with E-state index in [0.717, 1.165) is 19.0 Å². The van der Waals surface area contributed by atoms with E-state index in [-0.39, 0.29) is 40.5 Å². The molecule has 0 bridgehead atoms. The van der Waals surface area contributed by atoms with Gasteiger partial charge in [-0.15, -0.1) is 0 Å². The standard InChI is InChI=1S/C19H21FN4O4/c1-27-16-7-12(13(20)10-21-16)14-8-15(23-22-14)17(25)24-6-3-11(18(26)28-2)9-19(24)4-5-19/h7-8,10-11H,3-6,9H2,1-2H3,(H,22,23). The molecule has 148 valence electrons. The van der Waals surface area contributed by atoms with Gasteiger partial charge in [0, 0.05) is 23.7 Å². The van der Waals surface area contributed by atoms with Crippen LogP contribution in [0.3, 0.4) is 0 Å². The first kappa shape index (κ1) is 18.4. The lowest BCUT2D eigenvalue weighted by Gasteiger charge is -2.38. The van der Waals surface area contributed by atoms with Crippen LogP contribution in [0.25, 0.3) is 11.3 Å². The minimum Gasteiger partial charge on any atom is -0.481 e. The normalized spacial score (nSPS) is 20.1. The minimum atomic E-state index is -0.541. The number of nitrogens with zero attached hydrogens (tertiary/aromatic N) is 3. The molecular weight excluding hydrogens is 367 g/mol. The van der Waals surface area contributed by atoms with Crippen molar-refractivity contribution in [3.63, 3.8) is 0 Å². The fourth-order valence-electron chi connectivity index (χ4n) is 3.94. The van der Waals surface area contributed by atoms with Gasteiger partial charge in [-0.25, -0.2) is 9.37 Å². The number of piperidine rings is 1. The summed E-state index contributed by atoms with van der Waals surface area (Å²) in [5, 5.41) is 6.82. The average molecular weight is 388 g/mol. The molecule has 28 heavy (non-hydrogen) atoms. The topological polar surface area (TPSA) is 97.4 Å². The van der Waals surface area contributed by atoms with Gasteiger partial charge in [-0.05, 0) is 31.7 Å². The van der Waals surface area contributed by atoms with E-state index in [9.17, 15) is 14.0 Å². The van der Waals surface area contributed by atoms with Gasteiger partial charge in [0.15, 0.2) is 11.5 Å². The molecule has 2 fully saturated rings. The summed E-state index contributed by atoms with van der Waals surface area (Å²) in [5.41, 5.74) is 0.520. The molecule has 3 heterocycles. The van der Waals surface area contributed by atoms with Crippen LogP contribution in [0.5, 0.6) is 5.88 Å². The second-order valence-corrected chi connectivity index (χ2v) is 7.27. The van der Waals surface area contributed by atoms with Crippen molar-refractivity contribution in [1.29, 1.82) is 0 Å². The molecule has 9 heteroatoms. The Bertz CT molecular complexity index is 924. The Balaban J connectivity index is 1.55. The maximum absolute atomic E-state index is 14.1. The van der Waals surface area contributed by atoms with Crippen molar-refractivity contribution in [2.45, 2.75) is 31.2 Å². The van der Waals surface area contributed by atoms with Crippen molar-refractivity contribution in [3.05, 3.63) is 29.8 Å². The van der Waals surface area contributed by atoms with E-state index in [1.165, 1.54) is 26.4 Å². The summed E-state index contributed by atoms with van der Waals surface area (Å²) < 4.78 is 24.0. The number of esters is 1. The third kappa shape index (κ3) is 3.10. The number of nitrogens with one attached hydrogen (secondary N) is 1.